The Kier molecular flexibility index (Phi) is 3.27. The van der Waals surface area contributed by atoms with Crippen LogP contribution in [-0.4, -0.2) is 27.2 Å². The van der Waals surface area contributed by atoms with Crippen LogP contribution in [0.3, 0.4) is 0 Å². The van der Waals surface area contributed by atoms with E-state index in [0.29, 0.717) is 23.5 Å². The van der Waals surface area contributed by atoms with Gasteiger partial charge in [0.05, 0.1) is 11.0 Å². The van der Waals surface area contributed by atoms with E-state index < -0.39 is 11.8 Å². The molecule has 6 heteroatoms. The number of carbonyl (C=O) groups is 1. The molecule has 0 aliphatic carbocycles. The summed E-state index contributed by atoms with van der Waals surface area (Å²) in [5.41, 5.74) is 0.994. The Hall–Kier alpha value is -2.37. The van der Waals surface area contributed by atoms with E-state index in [4.69, 9.17) is 5.11 Å². The van der Waals surface area contributed by atoms with E-state index in [1.54, 1.807) is 6.08 Å². The lowest BCUT2D eigenvalue weighted by atomic mass is 10.3. The van der Waals surface area contributed by atoms with Gasteiger partial charge in [-0.15, -0.1) is 6.58 Å². The molecule has 0 bridgehead atoms. The fraction of sp³-hybridized carbons (Fsp3) is 0.167. The molecule has 0 fully saturated rings. The Labute approximate surface area is 103 Å². The number of fused-ring (bicyclic) bond motifs is 1. The summed E-state index contributed by atoms with van der Waals surface area (Å²) in [6.45, 7) is 3.77. The Morgan fingerprint density at radius 2 is 2.39 bits per heavy atom. The zero-order valence-electron chi connectivity index (χ0n) is 9.56. The van der Waals surface area contributed by atoms with Gasteiger partial charge in [0.15, 0.2) is 0 Å². The van der Waals surface area contributed by atoms with E-state index in [1.807, 2.05) is 0 Å². The van der Waals surface area contributed by atoms with Crippen LogP contribution in [-0.2, 0) is 11.3 Å². The van der Waals surface area contributed by atoms with Crippen LogP contribution in [0.5, 0.6) is 0 Å². The third-order valence-electron chi connectivity index (χ3n) is 2.41. The number of aromatic nitrogens is 2. The second-order valence-electron chi connectivity index (χ2n) is 3.72. The van der Waals surface area contributed by atoms with Gasteiger partial charge in [-0.3, -0.25) is 9.36 Å². The molecule has 94 valence electrons. The predicted octanol–water partition coefficient (Wildman–Crippen LogP) is 1.86. The van der Waals surface area contributed by atoms with Gasteiger partial charge in [-0.2, -0.15) is 0 Å². The summed E-state index contributed by atoms with van der Waals surface area (Å²) in [6, 6.07) is 4.06. The second-order valence-corrected chi connectivity index (χ2v) is 3.72. The largest absolute Gasteiger partial charge is 0.480 e. The van der Waals surface area contributed by atoms with Crippen LogP contribution >= 0.6 is 0 Å². The Morgan fingerprint density at radius 1 is 1.61 bits per heavy atom. The molecule has 2 N–H and O–H groups in total. The molecule has 0 spiro atoms. The van der Waals surface area contributed by atoms with Crippen molar-refractivity contribution >= 4 is 23.0 Å². The number of halogens is 1. The van der Waals surface area contributed by atoms with Crippen LogP contribution in [0.15, 0.2) is 30.9 Å². The van der Waals surface area contributed by atoms with Crippen LogP contribution in [0, 0.1) is 5.82 Å². The van der Waals surface area contributed by atoms with Gasteiger partial charge in [-0.25, -0.2) is 9.37 Å². The smallest absolute Gasteiger partial charge is 0.323 e. The van der Waals surface area contributed by atoms with E-state index in [1.165, 1.54) is 22.8 Å². The van der Waals surface area contributed by atoms with Gasteiger partial charge in [-0.05, 0) is 12.1 Å². The first-order chi connectivity index (χ1) is 8.61. The van der Waals surface area contributed by atoms with Gasteiger partial charge in [-0.1, -0.05) is 6.08 Å². The van der Waals surface area contributed by atoms with Crippen molar-refractivity contribution in [2.24, 2.45) is 0 Å². The molecule has 0 aliphatic rings. The van der Waals surface area contributed by atoms with E-state index >= 15 is 0 Å². The van der Waals surface area contributed by atoms with Crippen molar-refractivity contribution in [3.8, 4) is 0 Å². The van der Waals surface area contributed by atoms with Gasteiger partial charge in [0.25, 0.3) is 0 Å². The van der Waals surface area contributed by atoms with Crippen molar-refractivity contribution in [3.63, 3.8) is 0 Å². The van der Waals surface area contributed by atoms with E-state index in [0.717, 1.165) is 0 Å². The van der Waals surface area contributed by atoms with Gasteiger partial charge in [0, 0.05) is 12.6 Å². The van der Waals surface area contributed by atoms with Crippen molar-refractivity contribution in [1.29, 1.82) is 0 Å². The molecule has 0 amide bonds. The fourth-order valence-electron chi connectivity index (χ4n) is 1.70. The summed E-state index contributed by atoms with van der Waals surface area (Å²) in [6.07, 6.45) is 1.63. The standard InChI is InChI=1S/C12H12FN3O2/c1-2-5-14-12-15-9-6-8(13)3-4-10(9)16(12)7-11(17)18/h2-4,6H,1,5,7H2,(H,14,15)(H,17,18). The van der Waals surface area contributed by atoms with Crippen LogP contribution in [0.4, 0.5) is 10.3 Å². The summed E-state index contributed by atoms with van der Waals surface area (Å²) in [7, 11) is 0. The summed E-state index contributed by atoms with van der Waals surface area (Å²) in [4.78, 5) is 15.0. The summed E-state index contributed by atoms with van der Waals surface area (Å²) in [5.74, 6) is -1.00. The molecule has 0 atom stereocenters. The minimum Gasteiger partial charge on any atom is -0.480 e. The number of nitrogens with zero attached hydrogens (tertiary/aromatic N) is 2. The molecule has 0 aliphatic heterocycles. The van der Waals surface area contributed by atoms with Crippen LogP contribution < -0.4 is 5.32 Å². The topological polar surface area (TPSA) is 67.2 Å². The number of benzene rings is 1. The lowest BCUT2D eigenvalue weighted by Crippen LogP contribution is -2.13. The average molecular weight is 249 g/mol. The van der Waals surface area contributed by atoms with Gasteiger partial charge >= 0.3 is 5.97 Å². The van der Waals surface area contributed by atoms with Crippen LogP contribution in [0.25, 0.3) is 11.0 Å². The van der Waals surface area contributed by atoms with Crippen LogP contribution in [0.1, 0.15) is 0 Å². The predicted molar refractivity (Wildman–Crippen MR) is 66.0 cm³/mol. The normalized spacial score (nSPS) is 10.5. The number of anilines is 1. The summed E-state index contributed by atoms with van der Waals surface area (Å²) < 4.78 is 14.6. The highest BCUT2D eigenvalue weighted by Crippen LogP contribution is 2.20. The Bertz CT molecular complexity index is 607. The molecule has 0 saturated carbocycles. The minimum atomic E-state index is -0.986. The third-order valence-corrected chi connectivity index (χ3v) is 2.41. The Balaban J connectivity index is 2.52. The molecular formula is C12H12FN3O2. The Morgan fingerprint density at radius 3 is 3.06 bits per heavy atom. The van der Waals surface area contributed by atoms with Crippen molar-refractivity contribution < 1.29 is 14.3 Å². The molecular weight excluding hydrogens is 237 g/mol. The van der Waals surface area contributed by atoms with E-state index in [9.17, 15) is 9.18 Å². The zero-order valence-corrected chi connectivity index (χ0v) is 9.56. The number of nitrogens with one attached hydrogen (secondary N) is 1. The molecule has 0 unspecified atom stereocenters. The van der Waals surface area contributed by atoms with Gasteiger partial charge < -0.3 is 10.4 Å². The maximum Gasteiger partial charge on any atom is 0.323 e. The molecule has 1 aromatic carbocycles. The quantitative estimate of drug-likeness (QED) is 0.794. The molecule has 5 nitrogen and oxygen atoms in total. The second kappa shape index (κ2) is 4.87. The molecule has 1 aromatic heterocycles. The van der Waals surface area contributed by atoms with Crippen molar-refractivity contribution in [2.45, 2.75) is 6.54 Å². The highest BCUT2D eigenvalue weighted by molar-refractivity contribution is 5.81. The molecule has 2 aromatic rings. The SMILES string of the molecule is C=CCNc1nc2cc(F)ccc2n1CC(=O)O. The fourth-order valence-corrected chi connectivity index (χ4v) is 1.70. The maximum atomic E-state index is 13.1. The lowest BCUT2D eigenvalue weighted by molar-refractivity contribution is -0.137. The molecule has 1 heterocycles. The van der Waals surface area contributed by atoms with E-state index in [2.05, 4.69) is 16.9 Å². The highest BCUT2D eigenvalue weighted by Gasteiger charge is 2.13. The van der Waals surface area contributed by atoms with Crippen LogP contribution in [0.2, 0.25) is 0 Å². The first-order valence-electron chi connectivity index (χ1n) is 5.34. The average Bonchev–Trinajstić information content (AvgIpc) is 2.63. The number of hydrogen-bond acceptors (Lipinski definition) is 3. The molecule has 2 rings (SSSR count). The summed E-state index contributed by atoms with van der Waals surface area (Å²) >= 11 is 0. The molecule has 0 radical (unpaired) electrons. The number of imidazole rings is 1. The van der Waals surface area contributed by atoms with Crippen molar-refractivity contribution in [2.75, 3.05) is 11.9 Å². The highest BCUT2D eigenvalue weighted by atomic mass is 19.1. The van der Waals surface area contributed by atoms with Gasteiger partial charge in [0.1, 0.15) is 12.4 Å². The third kappa shape index (κ3) is 2.32. The minimum absolute atomic E-state index is 0.235. The lowest BCUT2D eigenvalue weighted by Gasteiger charge is -2.06. The van der Waals surface area contributed by atoms with Crippen molar-refractivity contribution in [3.05, 3.63) is 36.7 Å². The maximum absolute atomic E-state index is 13.1. The number of carboxylic acid groups (broad SMARTS) is 1. The molecule has 0 saturated heterocycles. The monoisotopic (exact) mass is 249 g/mol. The first kappa shape index (κ1) is 12.1. The number of hydrogen-bond donors (Lipinski definition) is 2. The number of rotatable bonds is 5. The van der Waals surface area contributed by atoms with Crippen molar-refractivity contribution in [1.82, 2.24) is 9.55 Å². The van der Waals surface area contributed by atoms with Gasteiger partial charge in [0.2, 0.25) is 5.95 Å². The summed E-state index contributed by atoms with van der Waals surface area (Å²) in [5, 5.41) is 11.8. The van der Waals surface area contributed by atoms with E-state index in [-0.39, 0.29) is 6.54 Å². The zero-order chi connectivity index (χ0) is 13.1. The first-order valence-corrected chi connectivity index (χ1v) is 5.34. The number of aliphatic carboxylic acids is 1. The molecule has 18 heavy (non-hydrogen) atoms. The number of carboxylic acids is 1.